The third kappa shape index (κ3) is 4.93. The number of halogens is 2. The van der Waals surface area contributed by atoms with Crippen molar-refractivity contribution in [2.45, 2.75) is 6.54 Å². The summed E-state index contributed by atoms with van der Waals surface area (Å²) in [6.07, 6.45) is 1.27. The van der Waals surface area contributed by atoms with Crippen molar-refractivity contribution in [3.8, 4) is 0 Å². The lowest BCUT2D eigenvalue weighted by Crippen LogP contribution is -3.00. The first kappa shape index (κ1) is 16.7. The summed E-state index contributed by atoms with van der Waals surface area (Å²) in [5.41, 5.74) is 1.20. The smallest absolute Gasteiger partial charge is 0.211 e. The average molecular weight is 324 g/mol. The maximum atomic E-state index is 11.4. The van der Waals surface area contributed by atoms with Gasteiger partial charge in [0.25, 0.3) is 0 Å². The van der Waals surface area contributed by atoms with E-state index in [2.05, 4.69) is 4.90 Å². The molecule has 4 nitrogen and oxygen atoms in total. The van der Waals surface area contributed by atoms with Crippen molar-refractivity contribution in [3.63, 3.8) is 0 Å². The van der Waals surface area contributed by atoms with E-state index in [1.165, 1.54) is 16.1 Å². The van der Waals surface area contributed by atoms with Crippen molar-refractivity contribution in [1.82, 2.24) is 9.21 Å². The second kappa shape index (κ2) is 6.90. The van der Waals surface area contributed by atoms with Crippen LogP contribution in [0.3, 0.4) is 0 Å². The summed E-state index contributed by atoms with van der Waals surface area (Å²) in [6.45, 7) is 3.54. The first-order chi connectivity index (χ1) is 8.45. The van der Waals surface area contributed by atoms with Gasteiger partial charge in [0.15, 0.2) is 0 Å². The van der Waals surface area contributed by atoms with Gasteiger partial charge in [-0.05, 0) is 17.7 Å². The van der Waals surface area contributed by atoms with Gasteiger partial charge in [0.1, 0.15) is 0 Å². The maximum Gasteiger partial charge on any atom is 0.211 e. The van der Waals surface area contributed by atoms with Crippen molar-refractivity contribution < 1.29 is 20.8 Å². The third-order valence-corrected chi connectivity index (χ3v) is 4.67. The van der Waals surface area contributed by atoms with Crippen LogP contribution in [0.4, 0.5) is 0 Å². The zero-order valence-corrected chi connectivity index (χ0v) is 13.0. The topological polar surface area (TPSA) is 40.6 Å². The Balaban J connectivity index is 0.00000180. The van der Waals surface area contributed by atoms with Crippen LogP contribution in [0.25, 0.3) is 0 Å². The van der Waals surface area contributed by atoms with Crippen molar-refractivity contribution in [2.75, 3.05) is 32.4 Å². The van der Waals surface area contributed by atoms with Crippen molar-refractivity contribution >= 4 is 21.6 Å². The normalized spacial score (nSPS) is 18.0. The number of benzene rings is 1. The molecule has 1 heterocycles. The Bertz CT molecular complexity index is 497. The molecular formula is C12H17Cl2N2O2S-. The van der Waals surface area contributed by atoms with Crippen LogP contribution in [0.1, 0.15) is 5.56 Å². The Kier molecular flexibility index (Phi) is 6.08. The van der Waals surface area contributed by atoms with E-state index < -0.39 is 10.0 Å². The second-order valence-corrected chi connectivity index (χ2v) is 6.98. The van der Waals surface area contributed by atoms with Gasteiger partial charge in [-0.25, -0.2) is 8.42 Å². The van der Waals surface area contributed by atoms with Crippen molar-refractivity contribution in [1.29, 1.82) is 0 Å². The Morgan fingerprint density at radius 2 is 1.63 bits per heavy atom. The summed E-state index contributed by atoms with van der Waals surface area (Å²) in [7, 11) is -3.04. The van der Waals surface area contributed by atoms with Gasteiger partial charge in [-0.2, -0.15) is 4.31 Å². The molecule has 0 aromatic heterocycles. The molecule has 108 valence electrons. The van der Waals surface area contributed by atoms with Crippen molar-refractivity contribution in [2.24, 2.45) is 0 Å². The van der Waals surface area contributed by atoms with Crippen LogP contribution in [-0.2, 0) is 16.6 Å². The van der Waals surface area contributed by atoms with Crippen LogP contribution in [0.2, 0.25) is 5.02 Å². The molecule has 1 aromatic rings. The Morgan fingerprint density at radius 3 is 2.11 bits per heavy atom. The molecule has 19 heavy (non-hydrogen) atoms. The highest BCUT2D eigenvalue weighted by molar-refractivity contribution is 7.88. The summed E-state index contributed by atoms with van der Waals surface area (Å²) >= 11 is 5.84. The summed E-state index contributed by atoms with van der Waals surface area (Å²) in [5.74, 6) is 0. The van der Waals surface area contributed by atoms with Gasteiger partial charge in [-0.15, -0.1) is 0 Å². The molecule has 2 rings (SSSR count). The number of rotatable bonds is 3. The van der Waals surface area contributed by atoms with Crippen molar-refractivity contribution in [3.05, 3.63) is 34.9 Å². The summed E-state index contributed by atoms with van der Waals surface area (Å²) < 4.78 is 24.3. The molecule has 0 radical (unpaired) electrons. The molecule has 1 aromatic carbocycles. The Hall–Kier alpha value is -0.330. The highest BCUT2D eigenvalue weighted by Crippen LogP contribution is 2.13. The van der Waals surface area contributed by atoms with Gasteiger partial charge < -0.3 is 12.4 Å². The molecule has 1 saturated heterocycles. The molecule has 7 heteroatoms. The van der Waals surface area contributed by atoms with Crippen LogP contribution in [-0.4, -0.2) is 50.1 Å². The lowest BCUT2D eigenvalue weighted by molar-refractivity contribution is -0.00000642. The van der Waals surface area contributed by atoms with Crippen LogP contribution >= 0.6 is 11.6 Å². The van der Waals surface area contributed by atoms with E-state index in [9.17, 15) is 8.42 Å². The zero-order valence-electron chi connectivity index (χ0n) is 10.7. The van der Waals surface area contributed by atoms with E-state index in [0.29, 0.717) is 13.1 Å². The van der Waals surface area contributed by atoms with Gasteiger partial charge in [0, 0.05) is 37.7 Å². The molecule has 1 aliphatic heterocycles. The fraction of sp³-hybridized carbons (Fsp3) is 0.500. The molecule has 0 spiro atoms. The minimum Gasteiger partial charge on any atom is -1.00 e. The molecule has 0 saturated carbocycles. The lowest BCUT2D eigenvalue weighted by atomic mass is 10.2. The quantitative estimate of drug-likeness (QED) is 0.674. The van der Waals surface area contributed by atoms with E-state index in [0.717, 1.165) is 24.7 Å². The largest absolute Gasteiger partial charge is 1.00 e. The molecule has 1 fully saturated rings. The molecule has 0 amide bonds. The molecule has 0 aliphatic carbocycles. The summed E-state index contributed by atoms with van der Waals surface area (Å²) in [6, 6.07) is 7.77. The first-order valence-electron chi connectivity index (χ1n) is 5.87. The number of sulfonamides is 1. The summed E-state index contributed by atoms with van der Waals surface area (Å²) in [5, 5.41) is 0.737. The van der Waals surface area contributed by atoms with Gasteiger partial charge in [0.05, 0.1) is 6.26 Å². The van der Waals surface area contributed by atoms with Crippen LogP contribution in [0.15, 0.2) is 24.3 Å². The highest BCUT2D eigenvalue weighted by Gasteiger charge is 2.23. The standard InChI is InChI=1S/C12H17ClN2O2S.ClH/c1-18(16,17)15-8-6-14(7-9-15)10-11-2-4-12(13)5-3-11;/h2-5H,6-10H2,1H3;1H/p-1. The third-order valence-electron chi connectivity index (χ3n) is 3.12. The average Bonchev–Trinajstić information content (AvgIpc) is 2.32. The monoisotopic (exact) mass is 323 g/mol. The Morgan fingerprint density at radius 1 is 1.11 bits per heavy atom. The predicted molar refractivity (Wildman–Crippen MR) is 73.1 cm³/mol. The maximum absolute atomic E-state index is 11.4. The van der Waals surface area contributed by atoms with E-state index in [-0.39, 0.29) is 12.4 Å². The van der Waals surface area contributed by atoms with Crippen LogP contribution < -0.4 is 12.4 Å². The molecule has 1 aliphatic rings. The molecule has 0 bridgehead atoms. The van der Waals surface area contributed by atoms with E-state index >= 15 is 0 Å². The summed E-state index contributed by atoms with van der Waals surface area (Å²) in [4.78, 5) is 2.25. The molecule has 0 atom stereocenters. The second-order valence-electron chi connectivity index (χ2n) is 4.56. The van der Waals surface area contributed by atoms with E-state index in [1.807, 2.05) is 24.3 Å². The van der Waals surface area contributed by atoms with Crippen LogP contribution in [0, 0.1) is 0 Å². The minimum absolute atomic E-state index is 0. The Labute approximate surface area is 125 Å². The van der Waals surface area contributed by atoms with E-state index in [1.54, 1.807) is 0 Å². The molecule has 0 N–H and O–H groups in total. The fourth-order valence-electron chi connectivity index (χ4n) is 2.07. The van der Waals surface area contributed by atoms with E-state index in [4.69, 9.17) is 11.6 Å². The zero-order chi connectivity index (χ0) is 13.2. The number of hydrogen-bond donors (Lipinski definition) is 0. The van der Waals surface area contributed by atoms with Gasteiger partial charge >= 0.3 is 0 Å². The first-order valence-corrected chi connectivity index (χ1v) is 8.10. The number of hydrogen-bond acceptors (Lipinski definition) is 3. The van der Waals surface area contributed by atoms with Gasteiger partial charge in [0.2, 0.25) is 10.0 Å². The fourth-order valence-corrected chi connectivity index (χ4v) is 3.02. The van der Waals surface area contributed by atoms with Gasteiger partial charge in [-0.3, -0.25) is 4.90 Å². The highest BCUT2D eigenvalue weighted by atomic mass is 35.5. The number of piperazine rings is 1. The SMILES string of the molecule is CS(=O)(=O)N1CCN(Cc2ccc(Cl)cc2)CC1.[Cl-]. The number of nitrogens with zero attached hydrogens (tertiary/aromatic N) is 2. The van der Waals surface area contributed by atoms with Gasteiger partial charge in [-0.1, -0.05) is 23.7 Å². The predicted octanol–water partition coefficient (Wildman–Crippen LogP) is -1.58. The lowest BCUT2D eigenvalue weighted by Gasteiger charge is -2.33. The molecule has 0 unspecified atom stereocenters. The van der Waals surface area contributed by atoms with Crippen LogP contribution in [0.5, 0.6) is 0 Å². The molecular weight excluding hydrogens is 307 g/mol. The minimum atomic E-state index is -3.04.